The van der Waals surface area contributed by atoms with Crippen molar-refractivity contribution in [3.63, 3.8) is 0 Å². The Kier molecular flexibility index (Phi) is 3.28. The maximum absolute atomic E-state index is 9.20. The predicted octanol–water partition coefficient (Wildman–Crippen LogP) is 2.11. The van der Waals surface area contributed by atoms with Gasteiger partial charge < -0.3 is 5.11 Å². The minimum absolute atomic E-state index is 0.173. The summed E-state index contributed by atoms with van der Waals surface area (Å²) in [6.07, 6.45) is 0. The molecule has 0 saturated carbocycles. The molecule has 0 aliphatic carbocycles. The zero-order valence-electron chi connectivity index (χ0n) is 8.67. The Morgan fingerprint density at radius 2 is 1.85 bits per heavy atom. The van der Waals surface area contributed by atoms with E-state index < -0.39 is 8.07 Å². The standard InChI is InChI=1S/C11H18OSi/c1-4-13(2,3)11-8-6-5-7-10(11)9-12/h5-8,12H,4,9H2,1-3H3. The highest BCUT2D eigenvalue weighted by atomic mass is 28.3. The Bertz CT molecular complexity index is 281. The molecule has 1 aromatic rings. The van der Waals surface area contributed by atoms with Crippen LogP contribution in [-0.2, 0) is 6.61 Å². The third kappa shape index (κ3) is 2.20. The fourth-order valence-corrected chi connectivity index (χ4v) is 3.47. The van der Waals surface area contributed by atoms with E-state index in [-0.39, 0.29) is 6.61 Å². The molecule has 0 spiro atoms. The first-order valence-electron chi connectivity index (χ1n) is 4.81. The van der Waals surface area contributed by atoms with Crippen LogP contribution in [0.15, 0.2) is 24.3 Å². The maximum Gasteiger partial charge on any atom is 0.0808 e. The Labute approximate surface area is 81.4 Å². The van der Waals surface area contributed by atoms with Gasteiger partial charge in [-0.15, -0.1) is 0 Å². The van der Waals surface area contributed by atoms with Gasteiger partial charge in [0.15, 0.2) is 0 Å². The second kappa shape index (κ2) is 4.07. The van der Waals surface area contributed by atoms with Crippen LogP contribution in [0.5, 0.6) is 0 Å². The summed E-state index contributed by atoms with van der Waals surface area (Å²) < 4.78 is 0. The molecular weight excluding hydrogens is 176 g/mol. The van der Waals surface area contributed by atoms with Gasteiger partial charge in [-0.1, -0.05) is 55.5 Å². The molecule has 2 heteroatoms. The van der Waals surface area contributed by atoms with Gasteiger partial charge in [0.2, 0.25) is 0 Å². The Balaban J connectivity index is 3.12. The third-order valence-electron chi connectivity index (χ3n) is 2.80. The number of aliphatic hydroxyl groups is 1. The molecule has 0 aliphatic heterocycles. The monoisotopic (exact) mass is 194 g/mol. The summed E-state index contributed by atoms with van der Waals surface area (Å²) in [5.41, 5.74) is 1.11. The van der Waals surface area contributed by atoms with Crippen LogP contribution in [0.1, 0.15) is 12.5 Å². The van der Waals surface area contributed by atoms with Crippen LogP contribution < -0.4 is 5.19 Å². The zero-order chi connectivity index (χ0) is 9.90. The number of aliphatic hydroxyl groups excluding tert-OH is 1. The van der Waals surface area contributed by atoms with Crippen molar-refractivity contribution in [2.45, 2.75) is 32.7 Å². The van der Waals surface area contributed by atoms with Gasteiger partial charge in [-0.05, 0) is 5.56 Å². The van der Waals surface area contributed by atoms with Crippen molar-refractivity contribution in [1.29, 1.82) is 0 Å². The summed E-state index contributed by atoms with van der Waals surface area (Å²) >= 11 is 0. The summed E-state index contributed by atoms with van der Waals surface area (Å²) in [5, 5.41) is 10.6. The highest BCUT2D eigenvalue weighted by Crippen LogP contribution is 2.11. The highest BCUT2D eigenvalue weighted by Gasteiger charge is 2.22. The second-order valence-electron chi connectivity index (χ2n) is 4.05. The predicted molar refractivity (Wildman–Crippen MR) is 60.0 cm³/mol. The molecule has 0 amide bonds. The van der Waals surface area contributed by atoms with Gasteiger partial charge in [-0.2, -0.15) is 0 Å². The van der Waals surface area contributed by atoms with Crippen molar-refractivity contribution < 1.29 is 5.11 Å². The maximum atomic E-state index is 9.20. The molecule has 0 heterocycles. The van der Waals surface area contributed by atoms with Gasteiger partial charge in [0, 0.05) is 0 Å². The average molecular weight is 194 g/mol. The van der Waals surface area contributed by atoms with Crippen molar-refractivity contribution in [2.24, 2.45) is 0 Å². The molecule has 0 saturated heterocycles. The van der Waals surface area contributed by atoms with Crippen LogP contribution >= 0.6 is 0 Å². The fraction of sp³-hybridized carbons (Fsp3) is 0.455. The van der Waals surface area contributed by atoms with E-state index in [1.165, 1.54) is 11.2 Å². The summed E-state index contributed by atoms with van der Waals surface area (Å²) in [7, 11) is -1.28. The lowest BCUT2D eigenvalue weighted by Crippen LogP contribution is -2.42. The minimum atomic E-state index is -1.28. The van der Waals surface area contributed by atoms with Crippen molar-refractivity contribution >= 4 is 13.3 Å². The molecule has 0 unspecified atom stereocenters. The molecule has 1 rings (SSSR count). The first kappa shape index (κ1) is 10.5. The fourth-order valence-electron chi connectivity index (χ4n) is 1.51. The van der Waals surface area contributed by atoms with Crippen molar-refractivity contribution in [1.82, 2.24) is 0 Å². The van der Waals surface area contributed by atoms with Crippen molar-refractivity contribution in [2.75, 3.05) is 0 Å². The number of benzene rings is 1. The molecule has 72 valence electrons. The topological polar surface area (TPSA) is 20.2 Å². The third-order valence-corrected chi connectivity index (χ3v) is 6.51. The lowest BCUT2D eigenvalue weighted by Gasteiger charge is -2.23. The van der Waals surface area contributed by atoms with Crippen molar-refractivity contribution in [3.05, 3.63) is 29.8 Å². The summed E-state index contributed by atoms with van der Waals surface area (Å²) in [5.74, 6) is 0. The van der Waals surface area contributed by atoms with Gasteiger partial charge in [-0.25, -0.2) is 0 Å². The molecule has 1 aromatic carbocycles. The second-order valence-corrected chi connectivity index (χ2v) is 9.07. The Morgan fingerprint density at radius 3 is 2.38 bits per heavy atom. The van der Waals surface area contributed by atoms with Crippen molar-refractivity contribution in [3.8, 4) is 0 Å². The zero-order valence-corrected chi connectivity index (χ0v) is 9.67. The van der Waals surface area contributed by atoms with Crippen LogP contribution in [0.4, 0.5) is 0 Å². The van der Waals surface area contributed by atoms with Crippen LogP contribution in [0.25, 0.3) is 0 Å². The van der Waals surface area contributed by atoms with E-state index in [0.29, 0.717) is 0 Å². The number of hydrogen-bond acceptors (Lipinski definition) is 1. The van der Waals surface area contributed by atoms with Crippen LogP contribution in [0, 0.1) is 0 Å². The van der Waals surface area contributed by atoms with Gasteiger partial charge in [0.25, 0.3) is 0 Å². The summed E-state index contributed by atoms with van der Waals surface area (Å²) in [6, 6.07) is 9.49. The highest BCUT2D eigenvalue weighted by molar-refractivity contribution is 6.90. The SMILES string of the molecule is CC[Si](C)(C)c1ccccc1CO. The molecule has 0 fully saturated rings. The molecule has 0 bridgehead atoms. The summed E-state index contributed by atoms with van der Waals surface area (Å²) in [6.45, 7) is 7.11. The van der Waals surface area contributed by atoms with E-state index in [0.717, 1.165) is 5.56 Å². The first-order chi connectivity index (χ1) is 6.11. The molecule has 0 aromatic heterocycles. The van der Waals surface area contributed by atoms with Gasteiger partial charge in [0.1, 0.15) is 0 Å². The van der Waals surface area contributed by atoms with Gasteiger partial charge >= 0.3 is 0 Å². The van der Waals surface area contributed by atoms with E-state index in [9.17, 15) is 5.11 Å². The molecule has 0 atom stereocenters. The van der Waals surface area contributed by atoms with E-state index in [4.69, 9.17) is 0 Å². The number of rotatable bonds is 3. The molecule has 13 heavy (non-hydrogen) atoms. The quantitative estimate of drug-likeness (QED) is 0.731. The summed E-state index contributed by atoms with van der Waals surface area (Å²) in [4.78, 5) is 0. The lowest BCUT2D eigenvalue weighted by molar-refractivity contribution is 0.283. The number of hydrogen-bond donors (Lipinski definition) is 1. The lowest BCUT2D eigenvalue weighted by atomic mass is 10.2. The van der Waals surface area contributed by atoms with E-state index in [2.05, 4.69) is 32.2 Å². The van der Waals surface area contributed by atoms with Crippen LogP contribution in [-0.4, -0.2) is 13.2 Å². The van der Waals surface area contributed by atoms with Crippen LogP contribution in [0.3, 0.4) is 0 Å². The molecule has 1 nitrogen and oxygen atoms in total. The van der Waals surface area contributed by atoms with Gasteiger partial charge in [-0.3, -0.25) is 0 Å². The Morgan fingerprint density at radius 1 is 1.23 bits per heavy atom. The average Bonchev–Trinajstić information content (AvgIpc) is 2.18. The Hall–Kier alpha value is -0.603. The molecular formula is C11H18OSi. The van der Waals surface area contributed by atoms with E-state index >= 15 is 0 Å². The smallest absolute Gasteiger partial charge is 0.0808 e. The molecule has 1 N–H and O–H groups in total. The normalized spacial score (nSPS) is 11.7. The molecule has 0 aliphatic rings. The van der Waals surface area contributed by atoms with E-state index in [1.807, 2.05) is 12.1 Å². The first-order valence-corrected chi connectivity index (χ1v) is 8.01. The van der Waals surface area contributed by atoms with Gasteiger partial charge in [0.05, 0.1) is 14.7 Å². The minimum Gasteiger partial charge on any atom is -0.392 e. The van der Waals surface area contributed by atoms with Crippen LogP contribution in [0.2, 0.25) is 19.1 Å². The van der Waals surface area contributed by atoms with E-state index in [1.54, 1.807) is 0 Å². The molecule has 0 radical (unpaired) electrons. The largest absolute Gasteiger partial charge is 0.392 e.